The molecule has 1 aliphatic rings. The first-order valence-electron chi connectivity index (χ1n) is 6.21. The summed E-state index contributed by atoms with van der Waals surface area (Å²) in [6.07, 6.45) is 1.08. The van der Waals surface area contributed by atoms with Gasteiger partial charge in [-0.25, -0.2) is 0 Å². The molecule has 104 valence electrons. The molecule has 0 aliphatic carbocycles. The Bertz CT molecular complexity index is 488. The molecule has 2 rings (SSSR count). The second-order valence-corrected chi connectivity index (χ2v) is 6.38. The van der Waals surface area contributed by atoms with Crippen LogP contribution >= 0.6 is 22.9 Å². The highest BCUT2D eigenvalue weighted by Gasteiger charge is 2.36. The number of rotatable bonds is 4. The smallest absolute Gasteiger partial charge is 0.308 e. The zero-order valence-corrected chi connectivity index (χ0v) is 12.2. The van der Waals surface area contributed by atoms with Gasteiger partial charge in [-0.2, -0.15) is 0 Å². The summed E-state index contributed by atoms with van der Waals surface area (Å²) < 4.78 is 0. The number of nitrogens with zero attached hydrogens (tertiary/aromatic N) is 1. The SMILES string of the molecule is C[C@@H]1CN(C(=O)CCc2cc(Cl)cs2)C[C@H]1C(=O)O. The van der Waals surface area contributed by atoms with Crippen molar-refractivity contribution in [2.24, 2.45) is 11.8 Å². The zero-order valence-electron chi connectivity index (χ0n) is 10.6. The van der Waals surface area contributed by atoms with Gasteiger partial charge < -0.3 is 10.0 Å². The summed E-state index contributed by atoms with van der Waals surface area (Å²) in [5, 5.41) is 11.6. The minimum atomic E-state index is -0.812. The summed E-state index contributed by atoms with van der Waals surface area (Å²) in [6, 6.07) is 1.87. The monoisotopic (exact) mass is 301 g/mol. The molecule has 0 radical (unpaired) electrons. The van der Waals surface area contributed by atoms with Crippen LogP contribution in [-0.2, 0) is 16.0 Å². The Morgan fingerprint density at radius 3 is 2.79 bits per heavy atom. The molecule has 1 amide bonds. The lowest BCUT2D eigenvalue weighted by Gasteiger charge is -2.15. The topological polar surface area (TPSA) is 57.6 Å². The lowest BCUT2D eigenvalue weighted by atomic mass is 9.99. The quantitative estimate of drug-likeness (QED) is 0.929. The summed E-state index contributed by atoms with van der Waals surface area (Å²) in [7, 11) is 0. The van der Waals surface area contributed by atoms with Gasteiger partial charge in [0.15, 0.2) is 0 Å². The number of halogens is 1. The summed E-state index contributed by atoms with van der Waals surface area (Å²) in [5.41, 5.74) is 0. The minimum absolute atomic E-state index is 0.0256. The molecule has 1 aromatic rings. The van der Waals surface area contributed by atoms with Crippen LogP contribution in [0.25, 0.3) is 0 Å². The number of likely N-dealkylation sites (tertiary alicyclic amines) is 1. The molecule has 0 spiro atoms. The number of amides is 1. The molecule has 0 unspecified atom stereocenters. The number of carboxylic acids is 1. The van der Waals surface area contributed by atoms with Crippen LogP contribution in [0, 0.1) is 11.8 Å². The van der Waals surface area contributed by atoms with E-state index in [2.05, 4.69) is 0 Å². The van der Waals surface area contributed by atoms with Gasteiger partial charge in [0, 0.05) is 29.8 Å². The number of aryl methyl sites for hydroxylation is 1. The Balaban J connectivity index is 1.86. The first kappa shape index (κ1) is 14.3. The molecule has 19 heavy (non-hydrogen) atoms. The fourth-order valence-corrected chi connectivity index (χ4v) is 3.44. The molecule has 2 atom stereocenters. The second kappa shape index (κ2) is 5.92. The predicted octanol–water partition coefficient (Wildman–Crippen LogP) is 2.51. The Kier molecular flexibility index (Phi) is 4.47. The van der Waals surface area contributed by atoms with Gasteiger partial charge in [0.25, 0.3) is 0 Å². The molecule has 1 saturated heterocycles. The van der Waals surface area contributed by atoms with Crippen LogP contribution in [0.1, 0.15) is 18.2 Å². The largest absolute Gasteiger partial charge is 0.481 e. The van der Waals surface area contributed by atoms with Crippen molar-refractivity contribution in [2.75, 3.05) is 13.1 Å². The first-order valence-corrected chi connectivity index (χ1v) is 7.46. The zero-order chi connectivity index (χ0) is 14.0. The van der Waals surface area contributed by atoms with Crippen molar-refractivity contribution >= 4 is 34.8 Å². The number of hydrogen-bond acceptors (Lipinski definition) is 3. The molecule has 1 N–H and O–H groups in total. The highest BCUT2D eigenvalue weighted by molar-refractivity contribution is 7.10. The number of carbonyl (C=O) groups excluding carboxylic acids is 1. The minimum Gasteiger partial charge on any atom is -0.481 e. The van der Waals surface area contributed by atoms with E-state index >= 15 is 0 Å². The van der Waals surface area contributed by atoms with Gasteiger partial charge in [-0.3, -0.25) is 9.59 Å². The third-order valence-electron chi connectivity index (χ3n) is 3.49. The van der Waals surface area contributed by atoms with E-state index in [4.69, 9.17) is 16.7 Å². The second-order valence-electron chi connectivity index (χ2n) is 4.95. The van der Waals surface area contributed by atoms with Gasteiger partial charge in [-0.15, -0.1) is 11.3 Å². The van der Waals surface area contributed by atoms with E-state index in [1.54, 1.807) is 16.2 Å². The highest BCUT2D eigenvalue weighted by Crippen LogP contribution is 2.25. The van der Waals surface area contributed by atoms with E-state index in [0.717, 1.165) is 4.88 Å². The Labute approximate surface area is 121 Å². The van der Waals surface area contributed by atoms with Crippen molar-refractivity contribution in [3.05, 3.63) is 21.3 Å². The predicted molar refractivity (Wildman–Crippen MR) is 74.5 cm³/mol. The van der Waals surface area contributed by atoms with Gasteiger partial charge in [-0.1, -0.05) is 18.5 Å². The summed E-state index contributed by atoms with van der Waals surface area (Å²) >= 11 is 7.37. The third kappa shape index (κ3) is 3.48. The third-order valence-corrected chi connectivity index (χ3v) is 4.83. The highest BCUT2D eigenvalue weighted by atomic mass is 35.5. The Morgan fingerprint density at radius 1 is 1.53 bits per heavy atom. The molecule has 0 bridgehead atoms. The van der Waals surface area contributed by atoms with Crippen molar-refractivity contribution in [1.82, 2.24) is 4.90 Å². The first-order chi connectivity index (χ1) is 8.97. The van der Waals surface area contributed by atoms with Crippen molar-refractivity contribution in [3.63, 3.8) is 0 Å². The van der Waals surface area contributed by atoms with E-state index in [-0.39, 0.29) is 11.8 Å². The average molecular weight is 302 g/mol. The summed E-state index contributed by atoms with van der Waals surface area (Å²) in [5.74, 6) is -1.19. The van der Waals surface area contributed by atoms with Gasteiger partial charge in [0.05, 0.1) is 10.9 Å². The van der Waals surface area contributed by atoms with Gasteiger partial charge in [0.2, 0.25) is 5.91 Å². The van der Waals surface area contributed by atoms with E-state index in [0.29, 0.717) is 31.0 Å². The Hall–Kier alpha value is -1.07. The van der Waals surface area contributed by atoms with Gasteiger partial charge in [-0.05, 0) is 18.4 Å². The average Bonchev–Trinajstić information content (AvgIpc) is 2.92. The van der Waals surface area contributed by atoms with Crippen LogP contribution < -0.4 is 0 Å². The van der Waals surface area contributed by atoms with Gasteiger partial charge in [0.1, 0.15) is 0 Å². The number of carbonyl (C=O) groups is 2. The molecule has 1 aromatic heterocycles. The lowest BCUT2D eigenvalue weighted by molar-refractivity contribution is -0.142. The van der Waals surface area contributed by atoms with Crippen molar-refractivity contribution in [1.29, 1.82) is 0 Å². The van der Waals surface area contributed by atoms with Crippen molar-refractivity contribution < 1.29 is 14.7 Å². The van der Waals surface area contributed by atoms with E-state index in [1.807, 2.05) is 18.4 Å². The number of hydrogen-bond donors (Lipinski definition) is 1. The molecule has 2 heterocycles. The van der Waals surface area contributed by atoms with Crippen LogP contribution in [0.3, 0.4) is 0 Å². The van der Waals surface area contributed by atoms with E-state index in [1.165, 1.54) is 0 Å². The molecule has 4 nitrogen and oxygen atoms in total. The van der Waals surface area contributed by atoms with E-state index in [9.17, 15) is 9.59 Å². The van der Waals surface area contributed by atoms with Gasteiger partial charge >= 0.3 is 5.97 Å². The maximum Gasteiger partial charge on any atom is 0.308 e. The molecular weight excluding hydrogens is 286 g/mol. The maximum absolute atomic E-state index is 12.0. The number of thiophene rings is 1. The molecular formula is C13H16ClNO3S. The van der Waals surface area contributed by atoms with Crippen molar-refractivity contribution in [2.45, 2.75) is 19.8 Å². The van der Waals surface area contributed by atoms with E-state index < -0.39 is 11.9 Å². The van der Waals surface area contributed by atoms with Crippen LogP contribution in [0.2, 0.25) is 5.02 Å². The maximum atomic E-state index is 12.0. The van der Waals surface area contributed by atoms with Crippen LogP contribution in [0.4, 0.5) is 0 Å². The standard InChI is InChI=1S/C13H16ClNO3S/c1-8-5-15(6-11(8)13(17)18)12(16)3-2-10-4-9(14)7-19-10/h4,7-8,11H,2-3,5-6H2,1H3,(H,17,18)/t8-,11-/m1/s1. The Morgan fingerprint density at radius 2 is 2.26 bits per heavy atom. The molecule has 0 aromatic carbocycles. The molecule has 1 fully saturated rings. The number of aliphatic carboxylic acids is 1. The molecule has 6 heteroatoms. The molecule has 1 aliphatic heterocycles. The molecule has 0 saturated carbocycles. The summed E-state index contributed by atoms with van der Waals surface area (Å²) in [4.78, 5) is 25.8. The van der Waals surface area contributed by atoms with Crippen LogP contribution in [0.15, 0.2) is 11.4 Å². The summed E-state index contributed by atoms with van der Waals surface area (Å²) in [6.45, 7) is 2.76. The fraction of sp³-hybridized carbons (Fsp3) is 0.538. The van der Waals surface area contributed by atoms with Crippen LogP contribution in [-0.4, -0.2) is 35.0 Å². The lowest BCUT2D eigenvalue weighted by Crippen LogP contribution is -2.30. The fourth-order valence-electron chi connectivity index (χ4n) is 2.37. The normalized spacial score (nSPS) is 22.7. The van der Waals surface area contributed by atoms with Crippen molar-refractivity contribution in [3.8, 4) is 0 Å². The number of carboxylic acid groups (broad SMARTS) is 1. The van der Waals surface area contributed by atoms with Crippen LogP contribution in [0.5, 0.6) is 0 Å².